The zero-order valence-electron chi connectivity index (χ0n) is 17.5. The largest absolute Gasteiger partial charge is 0.494 e. The van der Waals surface area contributed by atoms with Crippen LogP contribution in [0.5, 0.6) is 5.75 Å². The molecule has 1 aliphatic heterocycles. The standard InChI is InChI=1S/C21H27BrN2O.C2H2O4/c22-20-9-6-10-21(17-20)25-16-5-4-11-23-12-14-24(15-13-23)18-19-7-2-1-3-8-19;3-1(4)2(5)6/h1-3,6-10,17H,4-5,11-16,18H2;(H,3,4)(H,5,6). The van der Waals surface area contributed by atoms with E-state index in [9.17, 15) is 0 Å². The van der Waals surface area contributed by atoms with Gasteiger partial charge in [-0.2, -0.15) is 0 Å². The minimum Gasteiger partial charge on any atom is -0.494 e. The highest BCUT2D eigenvalue weighted by atomic mass is 79.9. The number of nitrogens with zero attached hydrogens (tertiary/aromatic N) is 2. The molecule has 0 radical (unpaired) electrons. The zero-order valence-corrected chi connectivity index (χ0v) is 19.0. The SMILES string of the molecule is Brc1cccc(OCCCCN2CCN(Cc3ccccc3)CC2)c1.O=C(O)C(=O)O. The highest BCUT2D eigenvalue weighted by Crippen LogP contribution is 2.18. The molecule has 0 unspecified atom stereocenters. The van der Waals surface area contributed by atoms with E-state index >= 15 is 0 Å². The molecule has 0 saturated carbocycles. The molecule has 0 atom stereocenters. The number of rotatable bonds is 8. The Morgan fingerprint density at radius 2 is 1.52 bits per heavy atom. The van der Waals surface area contributed by atoms with Crippen LogP contribution in [0.2, 0.25) is 0 Å². The lowest BCUT2D eigenvalue weighted by Gasteiger charge is -2.34. The van der Waals surface area contributed by atoms with Crippen LogP contribution in [0.25, 0.3) is 0 Å². The Labute approximate surface area is 191 Å². The number of carbonyl (C=O) groups is 2. The Kier molecular flexibility index (Phi) is 11.1. The summed E-state index contributed by atoms with van der Waals surface area (Å²) in [4.78, 5) is 23.3. The van der Waals surface area contributed by atoms with Gasteiger partial charge in [0.2, 0.25) is 0 Å². The molecule has 2 aromatic rings. The average molecular weight is 493 g/mol. The fourth-order valence-corrected chi connectivity index (χ4v) is 3.58. The average Bonchev–Trinajstić information content (AvgIpc) is 2.76. The Morgan fingerprint density at radius 3 is 2.13 bits per heavy atom. The number of aliphatic carboxylic acids is 2. The molecule has 0 spiro atoms. The van der Waals surface area contributed by atoms with Gasteiger partial charge in [0, 0.05) is 37.2 Å². The highest BCUT2D eigenvalue weighted by molar-refractivity contribution is 9.10. The van der Waals surface area contributed by atoms with Crippen LogP contribution < -0.4 is 4.74 Å². The summed E-state index contributed by atoms with van der Waals surface area (Å²) in [7, 11) is 0. The van der Waals surface area contributed by atoms with Crippen molar-refractivity contribution in [3.05, 3.63) is 64.6 Å². The van der Waals surface area contributed by atoms with Crippen LogP contribution in [0.4, 0.5) is 0 Å². The van der Waals surface area contributed by atoms with Gasteiger partial charge in [-0.15, -0.1) is 0 Å². The van der Waals surface area contributed by atoms with E-state index in [1.54, 1.807) is 0 Å². The van der Waals surface area contributed by atoms with Crippen molar-refractivity contribution in [2.75, 3.05) is 39.3 Å². The van der Waals surface area contributed by atoms with E-state index in [-0.39, 0.29) is 0 Å². The van der Waals surface area contributed by atoms with Crippen LogP contribution in [-0.4, -0.2) is 71.3 Å². The van der Waals surface area contributed by atoms with Crippen LogP contribution in [0.1, 0.15) is 18.4 Å². The van der Waals surface area contributed by atoms with E-state index in [1.165, 1.54) is 44.7 Å². The Balaban J connectivity index is 0.000000501. The maximum absolute atomic E-state index is 9.10. The molecule has 31 heavy (non-hydrogen) atoms. The third-order valence-corrected chi connectivity index (χ3v) is 5.32. The van der Waals surface area contributed by atoms with Crippen LogP contribution in [-0.2, 0) is 16.1 Å². The molecular formula is C23H29BrN2O5. The van der Waals surface area contributed by atoms with Gasteiger partial charge in [0.25, 0.3) is 0 Å². The van der Waals surface area contributed by atoms with Crippen molar-refractivity contribution in [3.63, 3.8) is 0 Å². The van der Waals surface area contributed by atoms with Crippen LogP contribution in [0.3, 0.4) is 0 Å². The van der Waals surface area contributed by atoms with E-state index in [1.807, 2.05) is 24.3 Å². The Hall–Kier alpha value is -2.42. The number of benzene rings is 2. The summed E-state index contributed by atoms with van der Waals surface area (Å²) >= 11 is 3.47. The van der Waals surface area contributed by atoms with Crippen LogP contribution in [0.15, 0.2) is 59.1 Å². The lowest BCUT2D eigenvalue weighted by Crippen LogP contribution is -2.46. The molecule has 8 heteroatoms. The Morgan fingerprint density at radius 1 is 0.871 bits per heavy atom. The quantitative estimate of drug-likeness (QED) is 0.429. The Bertz CT molecular complexity index is 799. The third kappa shape index (κ3) is 10.4. The number of carboxylic acids is 2. The summed E-state index contributed by atoms with van der Waals surface area (Å²) in [6.07, 6.45) is 2.31. The van der Waals surface area contributed by atoms with Gasteiger partial charge >= 0.3 is 11.9 Å². The molecule has 0 aromatic heterocycles. The van der Waals surface area contributed by atoms with Gasteiger partial charge in [0.05, 0.1) is 6.61 Å². The minimum absolute atomic E-state index is 0.796. The number of piperazine rings is 1. The second kappa shape index (κ2) is 13.8. The number of unbranched alkanes of at least 4 members (excludes halogenated alkanes) is 1. The summed E-state index contributed by atoms with van der Waals surface area (Å²) in [6.45, 7) is 7.76. The number of halogens is 1. The van der Waals surface area contributed by atoms with Crippen molar-refractivity contribution < 1.29 is 24.5 Å². The van der Waals surface area contributed by atoms with E-state index in [0.29, 0.717) is 0 Å². The first-order valence-corrected chi connectivity index (χ1v) is 11.1. The van der Waals surface area contributed by atoms with Crippen molar-refractivity contribution in [1.82, 2.24) is 9.80 Å². The monoisotopic (exact) mass is 492 g/mol. The molecule has 1 saturated heterocycles. The molecule has 2 aromatic carbocycles. The van der Waals surface area contributed by atoms with Gasteiger partial charge < -0.3 is 19.8 Å². The van der Waals surface area contributed by atoms with Crippen molar-refractivity contribution in [2.24, 2.45) is 0 Å². The summed E-state index contributed by atoms with van der Waals surface area (Å²) in [6, 6.07) is 18.8. The van der Waals surface area contributed by atoms with E-state index < -0.39 is 11.9 Å². The lowest BCUT2D eigenvalue weighted by molar-refractivity contribution is -0.159. The third-order valence-electron chi connectivity index (χ3n) is 4.83. The number of hydrogen-bond donors (Lipinski definition) is 2. The second-order valence-electron chi connectivity index (χ2n) is 7.23. The van der Waals surface area contributed by atoms with Gasteiger partial charge in [-0.25, -0.2) is 9.59 Å². The molecule has 3 rings (SSSR count). The number of carboxylic acid groups (broad SMARTS) is 2. The fraction of sp³-hybridized carbons (Fsp3) is 0.391. The molecule has 2 N–H and O–H groups in total. The second-order valence-corrected chi connectivity index (χ2v) is 8.14. The first kappa shape index (κ1) is 24.8. The number of ether oxygens (including phenoxy) is 1. The minimum atomic E-state index is -1.82. The van der Waals surface area contributed by atoms with Gasteiger partial charge in [-0.05, 0) is 43.1 Å². The molecule has 7 nitrogen and oxygen atoms in total. The predicted octanol–water partition coefficient (Wildman–Crippen LogP) is 3.58. The number of hydrogen-bond acceptors (Lipinski definition) is 5. The maximum atomic E-state index is 9.10. The summed E-state index contributed by atoms with van der Waals surface area (Å²) in [5, 5.41) is 14.8. The molecule has 1 aliphatic rings. The molecular weight excluding hydrogens is 464 g/mol. The molecule has 0 aliphatic carbocycles. The topological polar surface area (TPSA) is 90.3 Å². The van der Waals surface area contributed by atoms with E-state index in [0.717, 1.165) is 29.8 Å². The van der Waals surface area contributed by atoms with Crippen molar-refractivity contribution in [1.29, 1.82) is 0 Å². The van der Waals surface area contributed by atoms with Crippen LogP contribution in [0, 0.1) is 0 Å². The highest BCUT2D eigenvalue weighted by Gasteiger charge is 2.16. The smallest absolute Gasteiger partial charge is 0.414 e. The first-order chi connectivity index (χ1) is 14.9. The maximum Gasteiger partial charge on any atom is 0.414 e. The van der Waals surface area contributed by atoms with Crippen molar-refractivity contribution in [3.8, 4) is 5.75 Å². The summed E-state index contributed by atoms with van der Waals surface area (Å²) in [5.74, 6) is -2.70. The normalized spacial score (nSPS) is 14.4. The zero-order chi connectivity index (χ0) is 22.5. The van der Waals surface area contributed by atoms with Gasteiger partial charge in [0.15, 0.2) is 0 Å². The first-order valence-electron chi connectivity index (χ1n) is 10.3. The summed E-state index contributed by atoms with van der Waals surface area (Å²) < 4.78 is 6.87. The van der Waals surface area contributed by atoms with Crippen molar-refractivity contribution >= 4 is 27.9 Å². The predicted molar refractivity (Wildman–Crippen MR) is 122 cm³/mol. The molecule has 0 amide bonds. The fourth-order valence-electron chi connectivity index (χ4n) is 3.20. The lowest BCUT2D eigenvalue weighted by atomic mass is 10.2. The van der Waals surface area contributed by atoms with Gasteiger partial charge in [-0.3, -0.25) is 4.90 Å². The van der Waals surface area contributed by atoms with E-state index in [2.05, 4.69) is 56.1 Å². The molecule has 0 bridgehead atoms. The summed E-state index contributed by atoms with van der Waals surface area (Å²) in [5.41, 5.74) is 1.42. The van der Waals surface area contributed by atoms with Gasteiger partial charge in [-0.1, -0.05) is 52.3 Å². The van der Waals surface area contributed by atoms with E-state index in [4.69, 9.17) is 24.5 Å². The van der Waals surface area contributed by atoms with Gasteiger partial charge in [0.1, 0.15) is 5.75 Å². The van der Waals surface area contributed by atoms with Crippen molar-refractivity contribution in [2.45, 2.75) is 19.4 Å². The molecule has 1 fully saturated rings. The molecule has 168 valence electrons. The van der Waals surface area contributed by atoms with Crippen LogP contribution >= 0.6 is 15.9 Å². The molecule has 1 heterocycles.